The summed E-state index contributed by atoms with van der Waals surface area (Å²) < 4.78 is 6.11. The van der Waals surface area contributed by atoms with Crippen molar-refractivity contribution < 1.29 is 9.53 Å². The SMILES string of the molecule is C=CC(=O)Nc1cc(N)nc(Sc2cnc(N3CCN(C)CC3)nc2OCc2ccccc2)n1. The van der Waals surface area contributed by atoms with Crippen LogP contribution in [-0.4, -0.2) is 64.0 Å². The summed E-state index contributed by atoms with van der Waals surface area (Å²) in [7, 11) is 2.10. The number of ether oxygens (including phenoxy) is 1. The lowest BCUT2D eigenvalue weighted by Gasteiger charge is -2.32. The summed E-state index contributed by atoms with van der Waals surface area (Å²) in [5, 5.41) is 2.93. The van der Waals surface area contributed by atoms with Crippen LogP contribution in [0.3, 0.4) is 0 Å². The van der Waals surface area contributed by atoms with Gasteiger partial charge >= 0.3 is 0 Å². The second-order valence-corrected chi connectivity index (χ2v) is 8.67. The molecule has 1 aliphatic heterocycles. The molecule has 0 unspecified atom stereocenters. The van der Waals surface area contributed by atoms with E-state index in [1.807, 2.05) is 30.3 Å². The van der Waals surface area contributed by atoms with Crippen molar-refractivity contribution >= 4 is 35.3 Å². The summed E-state index contributed by atoms with van der Waals surface area (Å²) in [4.78, 5) is 34.6. The first-order valence-corrected chi connectivity index (χ1v) is 11.5. The summed E-state index contributed by atoms with van der Waals surface area (Å²) in [6.07, 6.45) is 2.87. The molecule has 0 atom stereocenters. The van der Waals surface area contributed by atoms with Crippen molar-refractivity contribution in [3.63, 3.8) is 0 Å². The molecule has 2 aromatic heterocycles. The van der Waals surface area contributed by atoms with E-state index in [2.05, 4.69) is 43.7 Å². The molecule has 10 nitrogen and oxygen atoms in total. The number of nitrogen functional groups attached to an aromatic ring is 1. The van der Waals surface area contributed by atoms with Gasteiger partial charge in [0, 0.05) is 32.2 Å². The monoisotopic (exact) mass is 478 g/mol. The molecule has 0 saturated carbocycles. The highest BCUT2D eigenvalue weighted by molar-refractivity contribution is 7.99. The molecule has 3 heterocycles. The van der Waals surface area contributed by atoms with Gasteiger partial charge < -0.3 is 25.6 Å². The van der Waals surface area contributed by atoms with Crippen LogP contribution >= 0.6 is 11.8 Å². The Hall–Kier alpha value is -3.70. The molecule has 176 valence electrons. The zero-order valence-electron chi connectivity index (χ0n) is 18.8. The number of benzene rings is 1. The van der Waals surface area contributed by atoms with Crippen molar-refractivity contribution in [3.05, 3.63) is 60.8 Å². The normalized spacial score (nSPS) is 14.0. The highest BCUT2D eigenvalue weighted by Crippen LogP contribution is 2.34. The molecule has 1 saturated heterocycles. The van der Waals surface area contributed by atoms with E-state index in [4.69, 9.17) is 15.5 Å². The first kappa shape index (κ1) is 23.5. The van der Waals surface area contributed by atoms with Crippen LogP contribution in [-0.2, 0) is 11.4 Å². The fourth-order valence-electron chi connectivity index (χ4n) is 3.23. The zero-order valence-corrected chi connectivity index (χ0v) is 19.7. The molecule has 1 fully saturated rings. The Kier molecular flexibility index (Phi) is 7.55. The first-order chi connectivity index (χ1) is 16.5. The number of nitrogens with two attached hydrogens (primary N) is 1. The third kappa shape index (κ3) is 6.21. The fraction of sp³-hybridized carbons (Fsp3) is 0.261. The Morgan fingerprint density at radius 2 is 1.97 bits per heavy atom. The maximum atomic E-state index is 11.7. The van der Waals surface area contributed by atoms with Gasteiger partial charge in [0.2, 0.25) is 17.7 Å². The van der Waals surface area contributed by atoms with Gasteiger partial charge in [-0.1, -0.05) is 36.9 Å². The molecule has 0 aliphatic carbocycles. The van der Waals surface area contributed by atoms with Gasteiger partial charge in [-0.25, -0.2) is 15.0 Å². The Morgan fingerprint density at radius 3 is 2.71 bits per heavy atom. The van der Waals surface area contributed by atoms with E-state index in [1.54, 1.807) is 6.20 Å². The second kappa shape index (κ2) is 10.9. The summed E-state index contributed by atoms with van der Waals surface area (Å²) in [6.45, 7) is 7.36. The minimum Gasteiger partial charge on any atom is -0.472 e. The molecule has 11 heteroatoms. The topological polar surface area (TPSA) is 122 Å². The molecule has 1 amide bonds. The first-order valence-electron chi connectivity index (χ1n) is 10.7. The van der Waals surface area contributed by atoms with Crippen LogP contribution in [0.25, 0.3) is 0 Å². The van der Waals surface area contributed by atoms with Gasteiger partial charge in [0.05, 0.1) is 11.1 Å². The van der Waals surface area contributed by atoms with Gasteiger partial charge in [-0.05, 0) is 30.4 Å². The minimum absolute atomic E-state index is 0.221. The van der Waals surface area contributed by atoms with E-state index in [-0.39, 0.29) is 17.5 Å². The van der Waals surface area contributed by atoms with Crippen molar-refractivity contribution in [1.29, 1.82) is 0 Å². The van der Waals surface area contributed by atoms with E-state index >= 15 is 0 Å². The lowest BCUT2D eigenvalue weighted by Crippen LogP contribution is -2.45. The van der Waals surface area contributed by atoms with E-state index in [9.17, 15) is 4.79 Å². The third-order valence-corrected chi connectivity index (χ3v) is 5.94. The van der Waals surface area contributed by atoms with Crippen LogP contribution in [0.5, 0.6) is 5.88 Å². The van der Waals surface area contributed by atoms with Gasteiger partial charge in [0.15, 0.2) is 5.16 Å². The number of nitrogens with one attached hydrogen (secondary N) is 1. The Morgan fingerprint density at radius 1 is 1.21 bits per heavy atom. The predicted molar refractivity (Wildman–Crippen MR) is 132 cm³/mol. The number of anilines is 3. The molecule has 3 N–H and O–H groups in total. The van der Waals surface area contributed by atoms with Crippen LogP contribution < -0.4 is 20.7 Å². The summed E-state index contributed by atoms with van der Waals surface area (Å²) in [6, 6.07) is 11.3. The molecule has 3 aromatic rings. The van der Waals surface area contributed by atoms with Crippen molar-refractivity contribution in [2.24, 2.45) is 0 Å². The number of carbonyl (C=O) groups excluding carboxylic acids is 1. The van der Waals surface area contributed by atoms with Crippen LogP contribution in [0.1, 0.15) is 5.56 Å². The number of hydrogen-bond donors (Lipinski definition) is 2. The fourth-order valence-corrected chi connectivity index (χ4v) is 4.02. The number of aromatic nitrogens is 4. The molecule has 1 aliphatic rings. The summed E-state index contributed by atoms with van der Waals surface area (Å²) >= 11 is 1.21. The average Bonchev–Trinajstić information content (AvgIpc) is 2.84. The third-order valence-electron chi connectivity index (χ3n) is 5.08. The molecule has 4 rings (SSSR count). The molecular weight excluding hydrogens is 452 g/mol. The molecule has 1 aromatic carbocycles. The lowest BCUT2D eigenvalue weighted by atomic mass is 10.2. The minimum atomic E-state index is -0.388. The number of hydrogen-bond acceptors (Lipinski definition) is 10. The second-order valence-electron chi connectivity index (χ2n) is 7.66. The van der Waals surface area contributed by atoms with E-state index in [1.165, 1.54) is 17.8 Å². The van der Waals surface area contributed by atoms with Gasteiger partial charge in [0.25, 0.3) is 0 Å². The number of likely N-dealkylation sites (N-methyl/N-ethyl adjacent to an activating group) is 1. The van der Waals surface area contributed by atoms with Crippen molar-refractivity contribution in [3.8, 4) is 5.88 Å². The predicted octanol–water partition coefficient (Wildman–Crippen LogP) is 2.46. The Bertz CT molecular complexity index is 1150. The standard InChI is InChI=1S/C23H26N8O2S/c1-3-20(32)27-19-13-18(24)26-23(28-19)34-17-14-25-22(31-11-9-30(2)10-12-31)29-21(17)33-15-16-7-5-4-6-8-16/h3-8,13-14H,1,9-12,15H2,2H3,(H3,24,26,27,28,32). The number of nitrogens with zero attached hydrogens (tertiary/aromatic N) is 6. The van der Waals surface area contributed by atoms with Crippen LogP contribution in [0.2, 0.25) is 0 Å². The smallest absolute Gasteiger partial charge is 0.248 e. The number of rotatable bonds is 8. The van der Waals surface area contributed by atoms with Crippen LogP contribution in [0.4, 0.5) is 17.6 Å². The molecule has 0 bridgehead atoms. The molecule has 0 radical (unpaired) electrons. The van der Waals surface area contributed by atoms with E-state index < -0.39 is 0 Å². The largest absolute Gasteiger partial charge is 0.472 e. The highest BCUT2D eigenvalue weighted by atomic mass is 32.2. The maximum Gasteiger partial charge on any atom is 0.248 e. The molecular formula is C23H26N8O2S. The Labute approximate surface area is 202 Å². The quantitative estimate of drug-likeness (QED) is 0.369. The molecule has 34 heavy (non-hydrogen) atoms. The maximum absolute atomic E-state index is 11.7. The summed E-state index contributed by atoms with van der Waals surface area (Å²) in [5.41, 5.74) is 6.94. The van der Waals surface area contributed by atoms with Crippen LogP contribution in [0.15, 0.2) is 65.3 Å². The van der Waals surface area contributed by atoms with E-state index in [0.29, 0.717) is 28.5 Å². The van der Waals surface area contributed by atoms with E-state index in [0.717, 1.165) is 37.8 Å². The zero-order chi connectivity index (χ0) is 23.9. The Balaban J connectivity index is 1.60. The van der Waals surface area contributed by atoms with Crippen molar-refractivity contribution in [1.82, 2.24) is 24.8 Å². The number of amides is 1. The highest BCUT2D eigenvalue weighted by Gasteiger charge is 2.20. The lowest BCUT2D eigenvalue weighted by molar-refractivity contribution is -0.111. The van der Waals surface area contributed by atoms with Gasteiger partial charge in [0.1, 0.15) is 18.2 Å². The van der Waals surface area contributed by atoms with Gasteiger partial charge in [-0.3, -0.25) is 4.79 Å². The van der Waals surface area contributed by atoms with Crippen molar-refractivity contribution in [2.75, 3.05) is 49.2 Å². The average molecular weight is 479 g/mol. The van der Waals surface area contributed by atoms with Gasteiger partial charge in [-0.2, -0.15) is 4.98 Å². The van der Waals surface area contributed by atoms with Crippen molar-refractivity contribution in [2.45, 2.75) is 16.7 Å². The van der Waals surface area contributed by atoms with Gasteiger partial charge in [-0.15, -0.1) is 0 Å². The number of piperazine rings is 1. The number of carbonyl (C=O) groups is 1. The summed E-state index contributed by atoms with van der Waals surface area (Å²) in [5.74, 6) is 1.16. The van der Waals surface area contributed by atoms with Crippen LogP contribution in [0, 0.1) is 0 Å². The molecule has 0 spiro atoms.